The number of allylic oxidation sites excluding steroid dienone is 15. The molecular formula is C63H107NO10. The van der Waals surface area contributed by atoms with Crippen molar-refractivity contribution in [3.05, 3.63) is 97.2 Å². The number of hydrogen-bond donors (Lipinski definition) is 6. The number of amides is 1. The van der Waals surface area contributed by atoms with Crippen LogP contribution in [0.4, 0.5) is 0 Å². The summed E-state index contributed by atoms with van der Waals surface area (Å²) in [6, 6.07) is -1.05. The number of esters is 1. The lowest BCUT2D eigenvalue weighted by atomic mass is 9.99. The van der Waals surface area contributed by atoms with Crippen molar-refractivity contribution in [3.8, 4) is 0 Å². The first-order chi connectivity index (χ1) is 36.2. The fraction of sp³-hybridized carbons (Fsp3) is 0.714. The molecule has 0 aromatic rings. The molecule has 1 fully saturated rings. The number of aliphatic hydroxyl groups is 5. The van der Waals surface area contributed by atoms with Gasteiger partial charge in [0.2, 0.25) is 5.91 Å². The van der Waals surface area contributed by atoms with E-state index >= 15 is 0 Å². The van der Waals surface area contributed by atoms with Crippen LogP contribution in [0.1, 0.15) is 226 Å². The molecule has 0 saturated carbocycles. The first-order valence-corrected chi connectivity index (χ1v) is 29.5. The Morgan fingerprint density at radius 2 is 0.973 bits per heavy atom. The first-order valence-electron chi connectivity index (χ1n) is 29.5. The highest BCUT2D eigenvalue weighted by molar-refractivity contribution is 5.80. The molecule has 1 amide bonds. The molecule has 1 saturated heterocycles. The Hall–Kier alpha value is -3.42. The molecule has 1 aliphatic heterocycles. The molecule has 0 aromatic carbocycles. The van der Waals surface area contributed by atoms with E-state index in [4.69, 9.17) is 14.2 Å². The molecule has 0 bridgehead atoms. The molecule has 1 rings (SSSR count). The molecule has 74 heavy (non-hydrogen) atoms. The lowest BCUT2D eigenvalue weighted by Gasteiger charge is -2.41. The predicted octanol–water partition coefficient (Wildman–Crippen LogP) is 13.6. The quantitative estimate of drug-likeness (QED) is 0.0195. The lowest BCUT2D eigenvalue weighted by Crippen LogP contribution is -2.61. The van der Waals surface area contributed by atoms with Crippen LogP contribution in [0, 0.1) is 0 Å². The summed E-state index contributed by atoms with van der Waals surface area (Å²) < 4.78 is 17.5. The summed E-state index contributed by atoms with van der Waals surface area (Å²) in [5.74, 6) is -1.26. The number of ether oxygens (including phenoxy) is 3. The largest absolute Gasteiger partial charge is 0.454 e. The van der Waals surface area contributed by atoms with E-state index in [0.29, 0.717) is 19.3 Å². The molecule has 1 aliphatic rings. The van der Waals surface area contributed by atoms with E-state index in [9.17, 15) is 35.1 Å². The number of rotatable bonds is 48. The van der Waals surface area contributed by atoms with E-state index in [1.165, 1.54) is 83.5 Å². The van der Waals surface area contributed by atoms with E-state index in [0.717, 1.165) is 89.9 Å². The topological polar surface area (TPSA) is 175 Å². The van der Waals surface area contributed by atoms with Crippen molar-refractivity contribution in [1.82, 2.24) is 5.32 Å². The van der Waals surface area contributed by atoms with Gasteiger partial charge in [0.15, 0.2) is 12.4 Å². The molecule has 11 heteroatoms. The van der Waals surface area contributed by atoms with Gasteiger partial charge in [0.05, 0.1) is 25.4 Å². The van der Waals surface area contributed by atoms with Crippen LogP contribution >= 0.6 is 0 Å². The number of carbonyl (C=O) groups excluding carboxylic acids is 2. The van der Waals surface area contributed by atoms with Gasteiger partial charge < -0.3 is 45.1 Å². The van der Waals surface area contributed by atoms with Gasteiger partial charge >= 0.3 is 5.97 Å². The van der Waals surface area contributed by atoms with Crippen LogP contribution in [0.25, 0.3) is 0 Å². The van der Waals surface area contributed by atoms with Crippen molar-refractivity contribution in [3.63, 3.8) is 0 Å². The molecule has 0 aliphatic carbocycles. The molecule has 0 aromatic heterocycles. The highest BCUT2D eigenvalue weighted by atomic mass is 16.7. The smallest absolute Gasteiger partial charge is 0.306 e. The van der Waals surface area contributed by atoms with Crippen LogP contribution in [0.3, 0.4) is 0 Å². The molecule has 424 valence electrons. The minimum atomic E-state index is -1.63. The van der Waals surface area contributed by atoms with Gasteiger partial charge in [-0.25, -0.2) is 0 Å². The Morgan fingerprint density at radius 1 is 0.541 bits per heavy atom. The average Bonchev–Trinajstić information content (AvgIpc) is 3.40. The number of aliphatic hydroxyl groups excluding tert-OH is 5. The fourth-order valence-electron chi connectivity index (χ4n) is 8.54. The van der Waals surface area contributed by atoms with Gasteiger partial charge in [0.1, 0.15) is 24.4 Å². The summed E-state index contributed by atoms with van der Waals surface area (Å²) in [7, 11) is 0. The summed E-state index contributed by atoms with van der Waals surface area (Å²) in [5, 5.41) is 56.8. The summed E-state index contributed by atoms with van der Waals surface area (Å²) in [6.45, 7) is 5.61. The second kappa shape index (κ2) is 50.4. The van der Waals surface area contributed by atoms with Gasteiger partial charge in [-0.15, -0.1) is 0 Å². The second-order valence-corrected chi connectivity index (χ2v) is 20.0. The molecule has 8 atom stereocenters. The summed E-state index contributed by atoms with van der Waals surface area (Å²) in [5.41, 5.74) is 0. The maximum atomic E-state index is 13.4. The van der Waals surface area contributed by atoms with E-state index in [2.05, 4.69) is 105 Å². The van der Waals surface area contributed by atoms with Crippen LogP contribution in [-0.2, 0) is 23.8 Å². The Balaban J connectivity index is 2.75. The van der Waals surface area contributed by atoms with Gasteiger partial charge in [-0.2, -0.15) is 0 Å². The minimum absolute atomic E-state index is 0.0936. The fourth-order valence-corrected chi connectivity index (χ4v) is 8.54. The Labute approximate surface area is 450 Å². The zero-order valence-corrected chi connectivity index (χ0v) is 46.7. The van der Waals surface area contributed by atoms with E-state index in [1.54, 1.807) is 6.08 Å². The minimum Gasteiger partial charge on any atom is -0.454 e. The summed E-state index contributed by atoms with van der Waals surface area (Å²) >= 11 is 0. The van der Waals surface area contributed by atoms with Crippen molar-refractivity contribution in [1.29, 1.82) is 0 Å². The molecule has 1 heterocycles. The lowest BCUT2D eigenvalue weighted by molar-refractivity contribution is -0.305. The maximum Gasteiger partial charge on any atom is 0.306 e. The normalized spacial score (nSPS) is 20.0. The molecule has 0 radical (unpaired) electrons. The highest BCUT2D eigenvalue weighted by Gasteiger charge is 2.47. The first kappa shape index (κ1) is 68.6. The average molecular weight is 1040 g/mol. The third-order valence-corrected chi connectivity index (χ3v) is 13.2. The Bertz CT molecular complexity index is 1570. The number of carbonyl (C=O) groups is 2. The maximum absolute atomic E-state index is 13.4. The monoisotopic (exact) mass is 1040 g/mol. The van der Waals surface area contributed by atoms with Crippen LogP contribution in [0.15, 0.2) is 97.2 Å². The van der Waals surface area contributed by atoms with Gasteiger partial charge in [-0.3, -0.25) is 9.59 Å². The molecule has 0 spiro atoms. The van der Waals surface area contributed by atoms with Crippen LogP contribution < -0.4 is 5.32 Å². The van der Waals surface area contributed by atoms with Gasteiger partial charge in [-0.1, -0.05) is 214 Å². The van der Waals surface area contributed by atoms with Crippen LogP contribution in [0.5, 0.6) is 0 Å². The van der Waals surface area contributed by atoms with Gasteiger partial charge in [0, 0.05) is 6.42 Å². The highest BCUT2D eigenvalue weighted by Crippen LogP contribution is 2.26. The zero-order chi connectivity index (χ0) is 54.0. The number of nitrogens with one attached hydrogen (secondary N) is 1. The van der Waals surface area contributed by atoms with Crippen molar-refractivity contribution >= 4 is 11.9 Å². The SMILES string of the molecule is CC/C=C\C/C=C\C/C=C\C/C=C\C/C=C\C/C=C\CCCC(O)C(=O)NC(COC1OC(CO)C(O)C(O)C1OC(=O)CCCCC/C=C\CCCCCCCCC)C(O)/C=C/CCCCCCCCCCC. The Kier molecular flexibility index (Phi) is 46.7. The van der Waals surface area contributed by atoms with Crippen molar-refractivity contribution in [2.45, 2.75) is 275 Å². The summed E-state index contributed by atoms with van der Waals surface area (Å²) in [4.78, 5) is 26.4. The zero-order valence-electron chi connectivity index (χ0n) is 46.7. The second-order valence-electron chi connectivity index (χ2n) is 20.0. The molecule has 6 N–H and O–H groups in total. The van der Waals surface area contributed by atoms with Crippen LogP contribution in [-0.4, -0.2) is 99.6 Å². The Morgan fingerprint density at radius 3 is 1.47 bits per heavy atom. The third-order valence-electron chi connectivity index (χ3n) is 13.2. The van der Waals surface area contributed by atoms with E-state index in [1.807, 2.05) is 12.2 Å². The number of unbranched alkanes of at least 4 members (excludes halogenated alkanes) is 20. The molecular weight excluding hydrogens is 931 g/mol. The molecule has 11 nitrogen and oxygen atoms in total. The number of hydrogen-bond acceptors (Lipinski definition) is 10. The molecule has 8 unspecified atom stereocenters. The third kappa shape index (κ3) is 38.2. The van der Waals surface area contributed by atoms with Gasteiger partial charge in [-0.05, 0) is 103 Å². The van der Waals surface area contributed by atoms with E-state index < -0.39 is 67.4 Å². The van der Waals surface area contributed by atoms with E-state index in [-0.39, 0.29) is 19.4 Å². The van der Waals surface area contributed by atoms with Crippen molar-refractivity contribution in [2.75, 3.05) is 13.2 Å². The van der Waals surface area contributed by atoms with Crippen molar-refractivity contribution < 1.29 is 49.3 Å². The summed E-state index contributed by atoms with van der Waals surface area (Å²) in [6.07, 6.45) is 56.0. The van der Waals surface area contributed by atoms with Gasteiger partial charge in [0.25, 0.3) is 0 Å². The van der Waals surface area contributed by atoms with Crippen LogP contribution in [0.2, 0.25) is 0 Å². The predicted molar refractivity (Wildman–Crippen MR) is 305 cm³/mol. The standard InChI is InChI=1S/C63H107NO10/c1-4-7-10-13-16-19-22-24-26-27-28-29-30-31-32-35-38-41-44-47-50-56(67)62(71)64-54(55(66)49-46-43-40-37-34-21-18-15-12-9-6-3)53-72-63-61(60(70)59(69)57(52-65)73-63)74-58(68)51-48-45-42-39-36-33-25-23-20-17-14-11-8-5-2/h7,10,16,19,24,26,28-29,31-33,36,38,41,46,49,54-57,59-61,63,65-67,69-70H,4-6,8-9,11-15,17-18,20-23,25,27,30,34-35,37,39-40,42-45,47-48,50-53H2,1-3H3,(H,64,71)/b10-7-,19-16-,26-24-,29-28-,32-31-,36-33-,41-38-,49-46+. The van der Waals surface area contributed by atoms with Crippen molar-refractivity contribution in [2.24, 2.45) is 0 Å².